The van der Waals surface area contributed by atoms with Crippen molar-refractivity contribution >= 4 is 6.09 Å². The van der Waals surface area contributed by atoms with E-state index in [1.807, 2.05) is 0 Å². The Kier molecular flexibility index (Phi) is 6.34. The maximum Gasteiger partial charge on any atom is 0.407 e. The van der Waals surface area contributed by atoms with Gasteiger partial charge in [0.05, 0.1) is 0 Å². The van der Waals surface area contributed by atoms with Crippen LogP contribution in [0.25, 0.3) is 0 Å². The number of carbonyl (C=O) groups is 1. The summed E-state index contributed by atoms with van der Waals surface area (Å²) < 4.78 is 0. The van der Waals surface area contributed by atoms with E-state index in [1.54, 1.807) is 4.90 Å². The molecule has 2 atom stereocenters. The van der Waals surface area contributed by atoms with E-state index in [0.717, 1.165) is 12.8 Å². The van der Waals surface area contributed by atoms with Crippen molar-refractivity contribution in [3.63, 3.8) is 0 Å². The summed E-state index contributed by atoms with van der Waals surface area (Å²) in [6, 6.07) is 0. The Morgan fingerprint density at radius 3 is 1.71 bits per heavy atom. The Morgan fingerprint density at radius 1 is 1.14 bits per heavy atom. The standard InChI is InChI=1S/C11H23NO2/c1-5-9(3)7-12(11(13)14)8-10(4)6-2/h9-10H,5-8H2,1-4H3,(H,13,14). The average molecular weight is 201 g/mol. The van der Waals surface area contributed by atoms with Crippen molar-refractivity contribution in [2.24, 2.45) is 11.8 Å². The summed E-state index contributed by atoms with van der Waals surface area (Å²) in [4.78, 5) is 12.5. The van der Waals surface area contributed by atoms with Gasteiger partial charge in [-0.1, -0.05) is 40.5 Å². The molecule has 14 heavy (non-hydrogen) atoms. The minimum absolute atomic E-state index is 0.454. The molecule has 0 aromatic carbocycles. The van der Waals surface area contributed by atoms with Gasteiger partial charge in [0.1, 0.15) is 0 Å². The molecule has 0 heterocycles. The van der Waals surface area contributed by atoms with Crippen LogP contribution in [0.1, 0.15) is 40.5 Å². The predicted octanol–water partition coefficient (Wildman–Crippen LogP) is 3.06. The normalized spacial score (nSPS) is 14.9. The molecule has 1 amide bonds. The number of hydrogen-bond donors (Lipinski definition) is 1. The molecule has 0 aliphatic carbocycles. The summed E-state index contributed by atoms with van der Waals surface area (Å²) in [6.07, 6.45) is 1.28. The molecular weight excluding hydrogens is 178 g/mol. The fraction of sp³-hybridized carbons (Fsp3) is 0.909. The van der Waals surface area contributed by atoms with Gasteiger partial charge in [-0.15, -0.1) is 0 Å². The van der Waals surface area contributed by atoms with E-state index in [2.05, 4.69) is 27.7 Å². The molecule has 0 aliphatic heterocycles. The van der Waals surface area contributed by atoms with Crippen LogP contribution in [0, 0.1) is 11.8 Å². The molecule has 0 radical (unpaired) electrons. The lowest BCUT2D eigenvalue weighted by atomic mass is 10.1. The topological polar surface area (TPSA) is 40.5 Å². The molecule has 0 saturated heterocycles. The van der Waals surface area contributed by atoms with Gasteiger partial charge in [-0.05, 0) is 11.8 Å². The lowest BCUT2D eigenvalue weighted by Crippen LogP contribution is -2.36. The summed E-state index contributed by atoms with van der Waals surface area (Å²) in [5, 5.41) is 8.99. The van der Waals surface area contributed by atoms with E-state index < -0.39 is 6.09 Å². The highest BCUT2D eigenvalue weighted by Gasteiger charge is 2.16. The van der Waals surface area contributed by atoms with Gasteiger partial charge in [0, 0.05) is 13.1 Å². The molecule has 0 saturated carbocycles. The van der Waals surface area contributed by atoms with Crippen LogP contribution in [0.2, 0.25) is 0 Å². The number of amides is 1. The van der Waals surface area contributed by atoms with Gasteiger partial charge in [0.15, 0.2) is 0 Å². The fourth-order valence-corrected chi connectivity index (χ4v) is 1.24. The zero-order chi connectivity index (χ0) is 11.1. The van der Waals surface area contributed by atoms with Crippen LogP contribution < -0.4 is 0 Å². The summed E-state index contributed by atoms with van der Waals surface area (Å²) >= 11 is 0. The van der Waals surface area contributed by atoms with Crippen LogP contribution in [0.4, 0.5) is 4.79 Å². The highest BCUT2D eigenvalue weighted by molar-refractivity contribution is 5.64. The first kappa shape index (κ1) is 13.3. The predicted molar refractivity (Wildman–Crippen MR) is 58.5 cm³/mol. The molecular formula is C11H23NO2. The Balaban J connectivity index is 4.09. The van der Waals surface area contributed by atoms with Crippen molar-refractivity contribution in [2.45, 2.75) is 40.5 Å². The van der Waals surface area contributed by atoms with E-state index in [-0.39, 0.29) is 0 Å². The van der Waals surface area contributed by atoms with Gasteiger partial charge < -0.3 is 10.0 Å². The number of rotatable bonds is 6. The molecule has 3 heteroatoms. The summed E-state index contributed by atoms with van der Waals surface area (Å²) in [5.41, 5.74) is 0. The molecule has 84 valence electrons. The lowest BCUT2D eigenvalue weighted by Gasteiger charge is -2.25. The molecule has 0 fully saturated rings. The number of nitrogens with zero attached hydrogens (tertiary/aromatic N) is 1. The minimum atomic E-state index is -0.786. The molecule has 0 spiro atoms. The van der Waals surface area contributed by atoms with Crippen LogP contribution >= 0.6 is 0 Å². The number of carboxylic acid groups (broad SMARTS) is 1. The third kappa shape index (κ3) is 5.10. The molecule has 0 rings (SSSR count). The van der Waals surface area contributed by atoms with Crippen LogP contribution in [0.5, 0.6) is 0 Å². The molecule has 0 bridgehead atoms. The fourth-order valence-electron chi connectivity index (χ4n) is 1.24. The lowest BCUT2D eigenvalue weighted by molar-refractivity contribution is 0.129. The second kappa shape index (κ2) is 6.68. The van der Waals surface area contributed by atoms with Crippen molar-refractivity contribution in [1.29, 1.82) is 0 Å². The number of hydrogen-bond acceptors (Lipinski definition) is 1. The van der Waals surface area contributed by atoms with Crippen molar-refractivity contribution in [2.75, 3.05) is 13.1 Å². The average Bonchev–Trinajstić information content (AvgIpc) is 2.16. The zero-order valence-electron chi connectivity index (χ0n) is 9.79. The largest absolute Gasteiger partial charge is 0.465 e. The van der Waals surface area contributed by atoms with Gasteiger partial charge in [0.25, 0.3) is 0 Å². The van der Waals surface area contributed by atoms with Gasteiger partial charge in [-0.25, -0.2) is 4.79 Å². The monoisotopic (exact) mass is 201 g/mol. The van der Waals surface area contributed by atoms with E-state index in [9.17, 15) is 4.79 Å². The van der Waals surface area contributed by atoms with E-state index in [4.69, 9.17) is 5.11 Å². The maximum absolute atomic E-state index is 10.9. The van der Waals surface area contributed by atoms with Crippen LogP contribution in [-0.4, -0.2) is 29.2 Å². The Labute approximate surface area is 87.1 Å². The van der Waals surface area contributed by atoms with E-state index in [0.29, 0.717) is 24.9 Å². The minimum Gasteiger partial charge on any atom is -0.465 e. The molecule has 1 N–H and O–H groups in total. The Bertz CT molecular complexity index is 159. The van der Waals surface area contributed by atoms with Gasteiger partial charge in [0.2, 0.25) is 0 Å². The third-order valence-corrected chi connectivity index (χ3v) is 2.73. The summed E-state index contributed by atoms with van der Waals surface area (Å²) in [6.45, 7) is 9.69. The van der Waals surface area contributed by atoms with Crippen molar-refractivity contribution in [1.82, 2.24) is 4.90 Å². The smallest absolute Gasteiger partial charge is 0.407 e. The zero-order valence-corrected chi connectivity index (χ0v) is 9.79. The van der Waals surface area contributed by atoms with E-state index >= 15 is 0 Å². The van der Waals surface area contributed by atoms with E-state index in [1.165, 1.54) is 0 Å². The maximum atomic E-state index is 10.9. The van der Waals surface area contributed by atoms with Crippen LogP contribution in [-0.2, 0) is 0 Å². The quantitative estimate of drug-likeness (QED) is 0.717. The van der Waals surface area contributed by atoms with Gasteiger partial charge >= 0.3 is 6.09 Å². The van der Waals surface area contributed by atoms with Crippen molar-refractivity contribution < 1.29 is 9.90 Å². The molecule has 0 aromatic heterocycles. The van der Waals surface area contributed by atoms with Crippen molar-refractivity contribution in [3.8, 4) is 0 Å². The van der Waals surface area contributed by atoms with Crippen LogP contribution in [0.3, 0.4) is 0 Å². The first-order chi connectivity index (χ1) is 6.51. The first-order valence-electron chi connectivity index (χ1n) is 5.49. The molecule has 0 aromatic rings. The highest BCUT2D eigenvalue weighted by atomic mass is 16.4. The SMILES string of the molecule is CCC(C)CN(CC(C)CC)C(=O)O. The molecule has 3 nitrogen and oxygen atoms in total. The van der Waals surface area contributed by atoms with Gasteiger partial charge in [-0.3, -0.25) is 0 Å². The summed E-state index contributed by atoms with van der Waals surface area (Å²) in [7, 11) is 0. The third-order valence-electron chi connectivity index (χ3n) is 2.73. The highest BCUT2D eigenvalue weighted by Crippen LogP contribution is 2.09. The first-order valence-corrected chi connectivity index (χ1v) is 5.49. The second-order valence-corrected chi connectivity index (χ2v) is 4.21. The second-order valence-electron chi connectivity index (χ2n) is 4.21. The Morgan fingerprint density at radius 2 is 1.50 bits per heavy atom. The Hall–Kier alpha value is -0.730. The van der Waals surface area contributed by atoms with Gasteiger partial charge in [-0.2, -0.15) is 0 Å². The summed E-state index contributed by atoms with van der Waals surface area (Å²) in [5.74, 6) is 0.908. The van der Waals surface area contributed by atoms with Crippen LogP contribution in [0.15, 0.2) is 0 Å². The molecule has 2 unspecified atom stereocenters. The van der Waals surface area contributed by atoms with Crippen molar-refractivity contribution in [3.05, 3.63) is 0 Å². The molecule has 0 aliphatic rings.